The SMILES string of the molecule is CCCCC[C@H](O)/C=C/[C@H]1C(SCCO)CC(=O)[C@@H]1CCCCCCC(=O)OC. The van der Waals surface area contributed by atoms with Gasteiger partial charge in [-0.15, -0.1) is 0 Å². The minimum absolute atomic E-state index is 0.00546. The van der Waals surface area contributed by atoms with E-state index in [9.17, 15) is 14.7 Å². The van der Waals surface area contributed by atoms with Crippen molar-refractivity contribution in [3.8, 4) is 0 Å². The van der Waals surface area contributed by atoms with Crippen molar-refractivity contribution in [1.29, 1.82) is 0 Å². The fourth-order valence-corrected chi connectivity index (χ4v) is 5.18. The van der Waals surface area contributed by atoms with Gasteiger partial charge in [-0.3, -0.25) is 9.59 Å². The predicted molar refractivity (Wildman–Crippen MR) is 119 cm³/mol. The zero-order valence-electron chi connectivity index (χ0n) is 18.2. The molecule has 4 atom stereocenters. The van der Waals surface area contributed by atoms with Crippen LogP contribution >= 0.6 is 11.8 Å². The molecule has 0 aromatic carbocycles. The number of unbranched alkanes of at least 4 members (excludes halogenated alkanes) is 5. The molecule has 0 amide bonds. The summed E-state index contributed by atoms with van der Waals surface area (Å²) >= 11 is 1.67. The summed E-state index contributed by atoms with van der Waals surface area (Å²) in [6, 6.07) is 0. The lowest BCUT2D eigenvalue weighted by molar-refractivity contribution is -0.140. The van der Waals surface area contributed by atoms with Gasteiger partial charge in [0, 0.05) is 29.8 Å². The van der Waals surface area contributed by atoms with E-state index in [-0.39, 0.29) is 29.7 Å². The first-order valence-corrected chi connectivity index (χ1v) is 12.3. The number of thioether (sulfide) groups is 1. The summed E-state index contributed by atoms with van der Waals surface area (Å²) < 4.78 is 4.66. The topological polar surface area (TPSA) is 83.8 Å². The van der Waals surface area contributed by atoms with Gasteiger partial charge in [0.15, 0.2) is 0 Å². The van der Waals surface area contributed by atoms with E-state index in [0.717, 1.165) is 57.8 Å². The van der Waals surface area contributed by atoms with Gasteiger partial charge >= 0.3 is 5.97 Å². The summed E-state index contributed by atoms with van der Waals surface area (Å²) in [6.07, 6.45) is 13.2. The second-order valence-corrected chi connectivity index (χ2v) is 9.31. The summed E-state index contributed by atoms with van der Waals surface area (Å²) in [7, 11) is 1.41. The molecule has 29 heavy (non-hydrogen) atoms. The quantitative estimate of drug-likeness (QED) is 0.217. The van der Waals surface area contributed by atoms with Crippen LogP contribution in [0.1, 0.15) is 77.6 Å². The molecular weight excluding hydrogens is 388 g/mol. The number of ketones is 1. The first kappa shape index (κ1) is 26.2. The molecule has 0 spiro atoms. The van der Waals surface area contributed by atoms with Gasteiger partial charge in [0.2, 0.25) is 0 Å². The standard InChI is InChI=1S/C23H40O5S/c1-3-4-7-10-18(25)13-14-20-19(21(26)17-22(20)29-16-15-24)11-8-5-6-9-12-23(27)28-2/h13-14,18-20,22,24-25H,3-12,15-17H2,1-2H3/b14-13+/t18-,19+,20+,22?/m0/s1. The lowest BCUT2D eigenvalue weighted by Gasteiger charge is -2.21. The molecule has 0 aromatic heterocycles. The van der Waals surface area contributed by atoms with Crippen molar-refractivity contribution in [2.45, 2.75) is 88.9 Å². The van der Waals surface area contributed by atoms with E-state index in [2.05, 4.69) is 17.7 Å². The highest BCUT2D eigenvalue weighted by molar-refractivity contribution is 8.00. The van der Waals surface area contributed by atoms with Crippen LogP contribution in [0.2, 0.25) is 0 Å². The van der Waals surface area contributed by atoms with Crippen LogP contribution in [0.3, 0.4) is 0 Å². The Balaban J connectivity index is 2.54. The Hall–Kier alpha value is -0.850. The maximum absolute atomic E-state index is 12.6. The Morgan fingerprint density at radius 2 is 2.00 bits per heavy atom. The molecule has 1 aliphatic carbocycles. The van der Waals surface area contributed by atoms with Gasteiger partial charge in [0.25, 0.3) is 0 Å². The van der Waals surface area contributed by atoms with E-state index in [0.29, 0.717) is 24.4 Å². The third-order valence-corrected chi connectivity index (χ3v) is 6.99. The maximum atomic E-state index is 12.6. The predicted octanol–water partition coefficient (Wildman–Crippen LogP) is 4.30. The smallest absolute Gasteiger partial charge is 0.305 e. The third kappa shape index (κ3) is 10.7. The number of methoxy groups -OCH3 is 1. The minimum atomic E-state index is -0.445. The van der Waals surface area contributed by atoms with Crippen LogP contribution in [0.4, 0.5) is 0 Å². The van der Waals surface area contributed by atoms with E-state index >= 15 is 0 Å². The number of aliphatic hydroxyl groups excluding tert-OH is 2. The summed E-state index contributed by atoms with van der Waals surface area (Å²) in [5.74, 6) is 0.926. The van der Waals surface area contributed by atoms with Gasteiger partial charge in [-0.1, -0.05) is 57.6 Å². The Morgan fingerprint density at radius 3 is 2.69 bits per heavy atom. The Kier molecular flexibility index (Phi) is 14.4. The Bertz CT molecular complexity index is 494. The van der Waals surface area contributed by atoms with Crippen molar-refractivity contribution < 1.29 is 24.5 Å². The van der Waals surface area contributed by atoms with Crippen LogP contribution in [-0.4, -0.2) is 52.8 Å². The van der Waals surface area contributed by atoms with E-state index in [1.54, 1.807) is 11.8 Å². The highest BCUT2D eigenvalue weighted by Crippen LogP contribution is 2.40. The fraction of sp³-hybridized carbons (Fsp3) is 0.826. The maximum Gasteiger partial charge on any atom is 0.305 e. The molecule has 168 valence electrons. The largest absolute Gasteiger partial charge is 0.469 e. The lowest BCUT2D eigenvalue weighted by Crippen LogP contribution is -2.18. The molecule has 1 saturated carbocycles. The van der Waals surface area contributed by atoms with Gasteiger partial charge in [-0.25, -0.2) is 0 Å². The zero-order valence-corrected chi connectivity index (χ0v) is 19.0. The summed E-state index contributed by atoms with van der Waals surface area (Å²) in [6.45, 7) is 2.27. The van der Waals surface area contributed by atoms with Crippen molar-refractivity contribution in [3.05, 3.63) is 12.2 Å². The number of hydrogen-bond donors (Lipinski definition) is 2. The molecule has 0 aromatic rings. The fourth-order valence-electron chi connectivity index (χ4n) is 3.99. The van der Waals surface area contributed by atoms with Gasteiger partial charge in [0.05, 0.1) is 19.8 Å². The highest BCUT2D eigenvalue weighted by atomic mass is 32.2. The van der Waals surface area contributed by atoms with Crippen molar-refractivity contribution in [3.63, 3.8) is 0 Å². The number of aliphatic hydroxyl groups is 2. The Morgan fingerprint density at radius 1 is 1.24 bits per heavy atom. The molecule has 0 saturated heterocycles. The number of carbonyl (C=O) groups excluding carboxylic acids is 2. The van der Waals surface area contributed by atoms with Gasteiger partial charge < -0.3 is 14.9 Å². The number of hydrogen-bond acceptors (Lipinski definition) is 6. The zero-order chi connectivity index (χ0) is 21.5. The van der Waals surface area contributed by atoms with Crippen molar-refractivity contribution >= 4 is 23.5 Å². The van der Waals surface area contributed by atoms with Crippen LogP contribution < -0.4 is 0 Å². The van der Waals surface area contributed by atoms with Crippen LogP contribution in [0.15, 0.2) is 12.2 Å². The van der Waals surface area contributed by atoms with Crippen LogP contribution in [0, 0.1) is 11.8 Å². The van der Waals surface area contributed by atoms with E-state index < -0.39 is 6.10 Å². The molecule has 0 heterocycles. The minimum Gasteiger partial charge on any atom is -0.469 e. The number of esters is 1. The molecule has 0 aliphatic heterocycles. The molecular formula is C23H40O5S. The van der Waals surface area contributed by atoms with Crippen LogP contribution in [-0.2, 0) is 14.3 Å². The van der Waals surface area contributed by atoms with E-state index in [1.807, 2.05) is 6.08 Å². The Labute approximate surface area is 180 Å². The second kappa shape index (κ2) is 15.9. The third-order valence-electron chi connectivity index (χ3n) is 5.67. The molecule has 2 N–H and O–H groups in total. The van der Waals surface area contributed by atoms with Crippen molar-refractivity contribution in [1.82, 2.24) is 0 Å². The lowest BCUT2D eigenvalue weighted by atomic mass is 9.89. The molecule has 5 nitrogen and oxygen atoms in total. The van der Waals surface area contributed by atoms with Crippen LogP contribution in [0.5, 0.6) is 0 Å². The van der Waals surface area contributed by atoms with Crippen LogP contribution in [0.25, 0.3) is 0 Å². The summed E-state index contributed by atoms with van der Waals surface area (Å²) in [5.41, 5.74) is 0. The molecule has 1 fully saturated rings. The van der Waals surface area contributed by atoms with Crippen molar-refractivity contribution in [2.75, 3.05) is 19.5 Å². The average Bonchev–Trinajstić information content (AvgIpc) is 3.01. The summed E-state index contributed by atoms with van der Waals surface area (Å²) in [5, 5.41) is 19.6. The first-order valence-electron chi connectivity index (χ1n) is 11.2. The second-order valence-electron chi connectivity index (χ2n) is 7.96. The summed E-state index contributed by atoms with van der Waals surface area (Å²) in [4.78, 5) is 23.8. The molecule has 1 rings (SSSR count). The van der Waals surface area contributed by atoms with Crippen molar-refractivity contribution in [2.24, 2.45) is 11.8 Å². The highest BCUT2D eigenvalue weighted by Gasteiger charge is 2.40. The number of Topliss-reactive ketones (excluding diaryl/α,β-unsaturated/α-hetero) is 1. The molecule has 0 radical (unpaired) electrons. The molecule has 6 heteroatoms. The number of rotatable bonds is 16. The average molecular weight is 429 g/mol. The first-order chi connectivity index (χ1) is 14.0. The van der Waals surface area contributed by atoms with Gasteiger partial charge in [0.1, 0.15) is 5.78 Å². The van der Waals surface area contributed by atoms with E-state index in [4.69, 9.17) is 5.11 Å². The molecule has 1 aliphatic rings. The number of allylic oxidation sites excluding steroid dienone is 1. The van der Waals surface area contributed by atoms with E-state index in [1.165, 1.54) is 7.11 Å². The van der Waals surface area contributed by atoms with Gasteiger partial charge in [-0.05, 0) is 25.2 Å². The van der Waals surface area contributed by atoms with Gasteiger partial charge in [-0.2, -0.15) is 11.8 Å². The monoisotopic (exact) mass is 428 g/mol. The normalized spacial score (nSPS) is 23.0. The number of ether oxygens (including phenoxy) is 1. The number of carbonyl (C=O) groups is 2. The molecule has 1 unspecified atom stereocenters. The molecule has 0 bridgehead atoms.